The van der Waals surface area contributed by atoms with Gasteiger partial charge in [-0.3, -0.25) is 4.79 Å². The number of allylic oxidation sites excluding steroid dienone is 8. The van der Waals surface area contributed by atoms with E-state index in [1.165, 1.54) is 22.5 Å². The Kier molecular flexibility index (Phi) is 8.17. The molecule has 2 aromatic rings. The van der Waals surface area contributed by atoms with E-state index in [4.69, 9.17) is 4.74 Å². The molecule has 0 saturated carbocycles. The molecule has 0 aliphatic carbocycles. The van der Waals surface area contributed by atoms with Crippen LogP contribution in [-0.2, 0) is 20.4 Å². The van der Waals surface area contributed by atoms with Gasteiger partial charge in [0, 0.05) is 48.2 Å². The molecule has 5 nitrogen and oxygen atoms in total. The lowest BCUT2D eigenvalue weighted by Gasteiger charge is -2.26. The lowest BCUT2D eigenvalue weighted by atomic mass is 9.81. The summed E-state index contributed by atoms with van der Waals surface area (Å²) in [4.78, 5) is 14.8. The molecule has 38 heavy (non-hydrogen) atoms. The topological polar surface area (TPSA) is 44.6 Å². The van der Waals surface area contributed by atoms with E-state index in [0.717, 1.165) is 11.4 Å². The molecule has 0 spiro atoms. The van der Waals surface area contributed by atoms with Gasteiger partial charge in [-0.2, -0.15) is 4.58 Å². The number of carbonyl (C=O) groups excluding carboxylic acids is 1. The molecule has 1 amide bonds. The lowest BCUT2D eigenvalue weighted by molar-refractivity contribution is -0.401. The van der Waals surface area contributed by atoms with Crippen LogP contribution >= 0.6 is 0 Å². The van der Waals surface area contributed by atoms with Crippen LogP contribution in [0.25, 0.3) is 0 Å². The van der Waals surface area contributed by atoms with Gasteiger partial charge in [-0.05, 0) is 31.6 Å². The molecule has 0 saturated heterocycles. The van der Waals surface area contributed by atoms with Crippen molar-refractivity contribution < 1.29 is 14.1 Å². The molecular weight excluding hydrogens is 470 g/mol. The largest absolute Gasteiger partial charge is 0.383 e. The van der Waals surface area contributed by atoms with E-state index in [2.05, 4.69) is 122 Å². The summed E-state index contributed by atoms with van der Waals surface area (Å²) in [6, 6.07) is 16.9. The summed E-state index contributed by atoms with van der Waals surface area (Å²) >= 11 is 0. The van der Waals surface area contributed by atoms with Gasteiger partial charge in [0.2, 0.25) is 11.6 Å². The second-order valence-corrected chi connectivity index (χ2v) is 10.8. The summed E-state index contributed by atoms with van der Waals surface area (Å²) in [6.45, 7) is 10.2. The number of para-hydroxylation sites is 2. The predicted molar refractivity (Wildman–Crippen MR) is 158 cm³/mol. The Morgan fingerprint density at radius 3 is 2.32 bits per heavy atom. The molecule has 0 aromatic heterocycles. The highest BCUT2D eigenvalue weighted by Crippen LogP contribution is 2.47. The van der Waals surface area contributed by atoms with Crippen LogP contribution < -0.4 is 10.2 Å². The van der Waals surface area contributed by atoms with Crippen molar-refractivity contribution in [1.29, 1.82) is 0 Å². The van der Waals surface area contributed by atoms with E-state index in [1.54, 1.807) is 7.11 Å². The number of hydrogen-bond acceptors (Lipinski definition) is 3. The zero-order valence-corrected chi connectivity index (χ0v) is 23.5. The molecule has 2 aromatic carbocycles. The molecule has 0 atom stereocenters. The second kappa shape index (κ2) is 11.4. The maximum absolute atomic E-state index is 12.7. The Morgan fingerprint density at radius 1 is 0.921 bits per heavy atom. The van der Waals surface area contributed by atoms with Crippen molar-refractivity contribution in [1.82, 2.24) is 5.32 Å². The van der Waals surface area contributed by atoms with Gasteiger partial charge in [0.1, 0.15) is 13.6 Å². The zero-order valence-electron chi connectivity index (χ0n) is 23.5. The number of fused-ring (bicyclic) bond motifs is 2. The molecule has 0 fully saturated rings. The number of nitrogens with zero attached hydrogens (tertiary/aromatic N) is 2. The van der Waals surface area contributed by atoms with Crippen molar-refractivity contribution in [2.24, 2.45) is 0 Å². The molecule has 198 valence electrons. The standard InChI is InChI=1S/C33H39N3O2/c1-32(2)25-16-12-14-18-27(25)35(5)29(32)20-10-8-7-9-11-21-30-33(3,4)26-17-13-15-19-28(26)36(30)24-31(37)34-22-23-38-6/h7-21H,22-24H2,1-6H3/p+1. The highest BCUT2D eigenvalue weighted by atomic mass is 16.5. The van der Waals surface area contributed by atoms with Crippen LogP contribution in [0.2, 0.25) is 0 Å². The number of amides is 1. The summed E-state index contributed by atoms with van der Waals surface area (Å²) in [7, 11) is 3.77. The molecule has 4 rings (SSSR count). The highest BCUT2D eigenvalue weighted by molar-refractivity contribution is 6.03. The Labute approximate surface area is 227 Å². The van der Waals surface area contributed by atoms with E-state index in [9.17, 15) is 4.79 Å². The quantitative estimate of drug-likeness (QED) is 0.263. The van der Waals surface area contributed by atoms with Gasteiger partial charge >= 0.3 is 0 Å². The van der Waals surface area contributed by atoms with Crippen molar-refractivity contribution >= 4 is 23.0 Å². The minimum absolute atomic E-state index is 0.0195. The van der Waals surface area contributed by atoms with Gasteiger partial charge < -0.3 is 15.0 Å². The number of hydrogen-bond donors (Lipinski definition) is 1. The Bertz CT molecular complexity index is 1340. The number of anilines is 1. The van der Waals surface area contributed by atoms with Gasteiger partial charge in [-0.15, -0.1) is 0 Å². The third kappa shape index (κ3) is 5.30. The maximum Gasteiger partial charge on any atom is 0.240 e. The molecule has 0 bridgehead atoms. The monoisotopic (exact) mass is 510 g/mol. The van der Waals surface area contributed by atoms with Crippen LogP contribution in [0.4, 0.5) is 11.4 Å². The average Bonchev–Trinajstić information content (AvgIpc) is 3.22. The SMILES string of the molecule is COCCNC(=O)CN1/C(=C/C=C/C=C/C=C/C2=[N+](C)c3ccccc3C2(C)C)C(C)(C)c2ccccc21. The van der Waals surface area contributed by atoms with Crippen molar-refractivity contribution in [3.63, 3.8) is 0 Å². The summed E-state index contributed by atoms with van der Waals surface area (Å²) in [5.74, 6) is -0.0195. The Morgan fingerprint density at radius 2 is 1.58 bits per heavy atom. The van der Waals surface area contributed by atoms with Crippen LogP contribution in [0.1, 0.15) is 38.8 Å². The minimum Gasteiger partial charge on any atom is -0.383 e. The van der Waals surface area contributed by atoms with Gasteiger partial charge in [0.05, 0.1) is 12.0 Å². The zero-order chi connectivity index (χ0) is 27.3. The van der Waals surface area contributed by atoms with Crippen molar-refractivity contribution in [3.8, 4) is 0 Å². The third-order valence-electron chi connectivity index (χ3n) is 7.62. The van der Waals surface area contributed by atoms with E-state index in [1.807, 2.05) is 18.2 Å². The van der Waals surface area contributed by atoms with Crippen molar-refractivity contribution in [2.75, 3.05) is 38.8 Å². The van der Waals surface area contributed by atoms with E-state index in [-0.39, 0.29) is 23.3 Å². The molecule has 1 N–H and O–H groups in total. The first-order chi connectivity index (χ1) is 18.2. The molecule has 0 unspecified atom stereocenters. The molecule has 2 aliphatic rings. The third-order valence-corrected chi connectivity index (χ3v) is 7.62. The maximum atomic E-state index is 12.7. The summed E-state index contributed by atoms with van der Waals surface area (Å²) < 4.78 is 7.34. The average molecular weight is 511 g/mol. The number of ether oxygens (including phenoxy) is 1. The first-order valence-electron chi connectivity index (χ1n) is 13.2. The Balaban J connectivity index is 1.48. The van der Waals surface area contributed by atoms with Crippen LogP contribution in [0.3, 0.4) is 0 Å². The number of methoxy groups -OCH3 is 1. The van der Waals surface area contributed by atoms with Crippen LogP contribution in [0, 0.1) is 0 Å². The molecular formula is C33H40N3O2+. The molecule has 0 radical (unpaired) electrons. The van der Waals surface area contributed by atoms with Gasteiger partial charge in [0.15, 0.2) is 5.71 Å². The smallest absolute Gasteiger partial charge is 0.240 e. The van der Waals surface area contributed by atoms with Crippen LogP contribution in [-0.4, -0.2) is 50.0 Å². The highest BCUT2D eigenvalue weighted by Gasteiger charge is 2.42. The van der Waals surface area contributed by atoms with Crippen molar-refractivity contribution in [2.45, 2.75) is 38.5 Å². The molecule has 2 heterocycles. The van der Waals surface area contributed by atoms with Gasteiger partial charge in [-0.1, -0.05) is 80.6 Å². The Hall–Kier alpha value is -3.70. The van der Waals surface area contributed by atoms with Gasteiger partial charge in [0.25, 0.3) is 0 Å². The van der Waals surface area contributed by atoms with E-state index >= 15 is 0 Å². The first kappa shape index (κ1) is 27.3. The normalized spacial score (nSPS) is 18.8. The number of carbonyl (C=O) groups is 1. The number of rotatable bonds is 9. The van der Waals surface area contributed by atoms with Crippen LogP contribution in [0.15, 0.2) is 96.8 Å². The second-order valence-electron chi connectivity index (χ2n) is 10.8. The number of nitrogens with one attached hydrogen (secondary N) is 1. The molecule has 2 aliphatic heterocycles. The van der Waals surface area contributed by atoms with E-state index in [0.29, 0.717) is 13.2 Å². The molecule has 5 heteroatoms. The number of benzene rings is 2. The van der Waals surface area contributed by atoms with Gasteiger partial charge in [-0.25, -0.2) is 0 Å². The predicted octanol–water partition coefficient (Wildman–Crippen LogP) is 5.81. The fourth-order valence-corrected chi connectivity index (χ4v) is 5.59. The first-order valence-corrected chi connectivity index (χ1v) is 13.2. The fraction of sp³-hybridized carbons (Fsp3) is 0.333. The minimum atomic E-state index is -0.207. The summed E-state index contributed by atoms with van der Waals surface area (Å²) in [5, 5.41) is 2.94. The lowest BCUT2D eigenvalue weighted by Crippen LogP contribution is -2.38. The summed E-state index contributed by atoms with van der Waals surface area (Å²) in [5.41, 5.74) is 7.07. The van der Waals surface area contributed by atoms with Crippen LogP contribution in [0.5, 0.6) is 0 Å². The fourth-order valence-electron chi connectivity index (χ4n) is 5.59. The van der Waals surface area contributed by atoms with E-state index < -0.39 is 0 Å². The summed E-state index contributed by atoms with van der Waals surface area (Å²) in [6.07, 6.45) is 14.6. The van der Waals surface area contributed by atoms with Crippen molar-refractivity contribution in [3.05, 3.63) is 108 Å².